The van der Waals surface area contributed by atoms with Gasteiger partial charge in [0.15, 0.2) is 0 Å². The number of anilines is 2. The van der Waals surface area contributed by atoms with E-state index in [1.54, 1.807) is 61.8 Å². The van der Waals surface area contributed by atoms with Gasteiger partial charge in [-0.25, -0.2) is 4.98 Å². The Bertz CT molecular complexity index is 939. The van der Waals surface area contributed by atoms with Crippen molar-refractivity contribution in [1.82, 2.24) is 4.98 Å². The standard InChI is InChI=1S/C21H19N3O2/c1-15-8-7-9-16(14-15)20(25)23-18-11-4-3-10-17(18)21(26)24(2)19-12-5-6-13-22-19/h3-14H,1-2H3,(H,23,25). The molecule has 0 unspecified atom stereocenters. The molecule has 3 rings (SSSR count). The van der Waals surface area contributed by atoms with Gasteiger partial charge in [-0.05, 0) is 43.3 Å². The Labute approximate surface area is 152 Å². The van der Waals surface area contributed by atoms with Crippen LogP contribution in [0, 0.1) is 6.92 Å². The molecule has 130 valence electrons. The Hall–Kier alpha value is -3.47. The average molecular weight is 345 g/mol. The molecule has 1 heterocycles. The second kappa shape index (κ2) is 7.61. The Morgan fingerprint density at radius 1 is 0.962 bits per heavy atom. The molecular weight excluding hydrogens is 326 g/mol. The third-order valence-electron chi connectivity index (χ3n) is 3.98. The number of benzene rings is 2. The van der Waals surface area contributed by atoms with E-state index in [0.717, 1.165) is 5.56 Å². The highest BCUT2D eigenvalue weighted by atomic mass is 16.2. The summed E-state index contributed by atoms with van der Waals surface area (Å²) in [5.41, 5.74) is 2.41. The number of hydrogen-bond donors (Lipinski definition) is 1. The first-order chi connectivity index (χ1) is 12.6. The lowest BCUT2D eigenvalue weighted by molar-refractivity contribution is 0.0993. The molecule has 0 radical (unpaired) electrons. The second-order valence-electron chi connectivity index (χ2n) is 5.92. The van der Waals surface area contributed by atoms with E-state index < -0.39 is 0 Å². The van der Waals surface area contributed by atoms with Crippen LogP contribution < -0.4 is 10.2 Å². The van der Waals surface area contributed by atoms with Crippen LogP contribution in [-0.4, -0.2) is 23.8 Å². The monoisotopic (exact) mass is 345 g/mol. The molecule has 0 bridgehead atoms. The lowest BCUT2D eigenvalue weighted by atomic mass is 10.1. The number of carbonyl (C=O) groups is 2. The third kappa shape index (κ3) is 3.78. The summed E-state index contributed by atoms with van der Waals surface area (Å²) < 4.78 is 0. The maximum atomic E-state index is 12.9. The van der Waals surface area contributed by atoms with E-state index in [2.05, 4.69) is 10.3 Å². The van der Waals surface area contributed by atoms with E-state index >= 15 is 0 Å². The molecule has 0 atom stereocenters. The number of aromatic nitrogens is 1. The minimum Gasteiger partial charge on any atom is -0.321 e. The summed E-state index contributed by atoms with van der Waals surface area (Å²) in [5.74, 6) is 0.0376. The lowest BCUT2D eigenvalue weighted by Crippen LogP contribution is -2.28. The van der Waals surface area contributed by atoms with Crippen molar-refractivity contribution in [3.05, 3.63) is 89.6 Å². The van der Waals surface area contributed by atoms with E-state index in [0.29, 0.717) is 22.6 Å². The quantitative estimate of drug-likeness (QED) is 0.779. The highest BCUT2D eigenvalue weighted by Gasteiger charge is 2.19. The molecule has 0 saturated heterocycles. The molecule has 5 nitrogen and oxygen atoms in total. The highest BCUT2D eigenvalue weighted by molar-refractivity contribution is 6.13. The van der Waals surface area contributed by atoms with Crippen LogP contribution in [0.2, 0.25) is 0 Å². The number of aryl methyl sites for hydroxylation is 1. The maximum Gasteiger partial charge on any atom is 0.261 e. The summed E-state index contributed by atoms with van der Waals surface area (Å²) in [4.78, 5) is 31.1. The zero-order valence-corrected chi connectivity index (χ0v) is 14.6. The number of rotatable bonds is 4. The number of nitrogens with one attached hydrogen (secondary N) is 1. The SMILES string of the molecule is Cc1cccc(C(=O)Nc2ccccc2C(=O)N(C)c2ccccn2)c1. The van der Waals surface area contributed by atoms with Crippen LogP contribution in [0.5, 0.6) is 0 Å². The van der Waals surface area contributed by atoms with Gasteiger partial charge < -0.3 is 5.32 Å². The number of para-hydroxylation sites is 1. The van der Waals surface area contributed by atoms with Gasteiger partial charge in [0.05, 0.1) is 11.3 Å². The van der Waals surface area contributed by atoms with Gasteiger partial charge in [0.25, 0.3) is 11.8 Å². The number of hydrogen-bond acceptors (Lipinski definition) is 3. The van der Waals surface area contributed by atoms with E-state index in [-0.39, 0.29) is 11.8 Å². The largest absolute Gasteiger partial charge is 0.321 e. The fraction of sp³-hybridized carbons (Fsp3) is 0.0952. The molecule has 0 saturated carbocycles. The Morgan fingerprint density at radius 3 is 2.46 bits per heavy atom. The van der Waals surface area contributed by atoms with Crippen molar-refractivity contribution in [2.24, 2.45) is 0 Å². The Balaban J connectivity index is 1.86. The molecule has 3 aromatic rings. The van der Waals surface area contributed by atoms with Gasteiger partial charge in [0.1, 0.15) is 5.82 Å². The Kier molecular flexibility index (Phi) is 5.08. The van der Waals surface area contributed by atoms with Crippen molar-refractivity contribution >= 4 is 23.3 Å². The molecule has 0 fully saturated rings. The van der Waals surface area contributed by atoms with Crippen LogP contribution in [0.3, 0.4) is 0 Å². The van der Waals surface area contributed by atoms with E-state index in [4.69, 9.17) is 0 Å². The zero-order valence-electron chi connectivity index (χ0n) is 14.6. The van der Waals surface area contributed by atoms with E-state index in [9.17, 15) is 9.59 Å². The summed E-state index contributed by atoms with van der Waals surface area (Å²) in [7, 11) is 1.66. The number of pyridine rings is 1. The number of nitrogens with zero attached hydrogens (tertiary/aromatic N) is 2. The molecule has 2 amide bonds. The molecule has 1 aromatic heterocycles. The van der Waals surface area contributed by atoms with Crippen molar-refractivity contribution in [2.75, 3.05) is 17.3 Å². The maximum absolute atomic E-state index is 12.9. The van der Waals surface area contributed by atoms with E-state index in [1.807, 2.05) is 25.1 Å². The van der Waals surface area contributed by atoms with Crippen LogP contribution in [0.25, 0.3) is 0 Å². The summed E-state index contributed by atoms with van der Waals surface area (Å²) in [5, 5.41) is 2.83. The van der Waals surface area contributed by atoms with Crippen molar-refractivity contribution < 1.29 is 9.59 Å². The van der Waals surface area contributed by atoms with Gasteiger partial charge >= 0.3 is 0 Å². The second-order valence-corrected chi connectivity index (χ2v) is 5.92. The van der Waals surface area contributed by atoms with Crippen molar-refractivity contribution in [1.29, 1.82) is 0 Å². The van der Waals surface area contributed by atoms with Crippen LogP contribution in [0.15, 0.2) is 72.9 Å². The molecule has 26 heavy (non-hydrogen) atoms. The molecule has 0 spiro atoms. The molecular formula is C21H19N3O2. The number of carbonyl (C=O) groups excluding carboxylic acids is 2. The predicted molar refractivity (Wildman–Crippen MR) is 103 cm³/mol. The Morgan fingerprint density at radius 2 is 1.73 bits per heavy atom. The molecule has 0 aliphatic carbocycles. The molecule has 0 aliphatic heterocycles. The van der Waals surface area contributed by atoms with Gasteiger partial charge in [-0.3, -0.25) is 14.5 Å². The minimum atomic E-state index is -0.255. The fourth-order valence-corrected chi connectivity index (χ4v) is 2.60. The average Bonchev–Trinajstić information content (AvgIpc) is 2.68. The molecule has 1 N–H and O–H groups in total. The van der Waals surface area contributed by atoms with Crippen molar-refractivity contribution in [3.8, 4) is 0 Å². The highest BCUT2D eigenvalue weighted by Crippen LogP contribution is 2.20. The first-order valence-electron chi connectivity index (χ1n) is 8.22. The molecule has 0 aliphatic rings. The zero-order chi connectivity index (χ0) is 18.5. The number of amides is 2. The van der Waals surface area contributed by atoms with Gasteiger partial charge in [-0.1, -0.05) is 35.9 Å². The van der Waals surface area contributed by atoms with Gasteiger partial charge in [-0.15, -0.1) is 0 Å². The van der Waals surface area contributed by atoms with Gasteiger partial charge in [0, 0.05) is 18.8 Å². The fourth-order valence-electron chi connectivity index (χ4n) is 2.60. The first-order valence-corrected chi connectivity index (χ1v) is 8.22. The van der Waals surface area contributed by atoms with Crippen molar-refractivity contribution in [2.45, 2.75) is 6.92 Å². The summed E-state index contributed by atoms with van der Waals surface area (Å²) in [6, 6.07) is 19.6. The minimum absolute atomic E-state index is 0.246. The summed E-state index contributed by atoms with van der Waals surface area (Å²) in [6.07, 6.45) is 1.63. The van der Waals surface area contributed by atoms with Crippen LogP contribution in [0.1, 0.15) is 26.3 Å². The van der Waals surface area contributed by atoms with Crippen LogP contribution >= 0.6 is 0 Å². The predicted octanol–water partition coefficient (Wildman–Crippen LogP) is 3.92. The van der Waals surface area contributed by atoms with Crippen LogP contribution in [0.4, 0.5) is 11.5 Å². The van der Waals surface area contributed by atoms with Gasteiger partial charge in [0.2, 0.25) is 0 Å². The molecule has 2 aromatic carbocycles. The normalized spacial score (nSPS) is 10.2. The van der Waals surface area contributed by atoms with Crippen molar-refractivity contribution in [3.63, 3.8) is 0 Å². The lowest BCUT2D eigenvalue weighted by Gasteiger charge is -2.18. The summed E-state index contributed by atoms with van der Waals surface area (Å²) >= 11 is 0. The van der Waals surface area contributed by atoms with E-state index in [1.165, 1.54) is 4.90 Å². The topological polar surface area (TPSA) is 62.3 Å². The molecule has 5 heteroatoms. The third-order valence-corrected chi connectivity index (χ3v) is 3.98. The van der Waals surface area contributed by atoms with Gasteiger partial charge in [-0.2, -0.15) is 0 Å². The first kappa shape index (κ1) is 17.4. The smallest absolute Gasteiger partial charge is 0.261 e. The summed E-state index contributed by atoms with van der Waals surface area (Å²) in [6.45, 7) is 1.93. The van der Waals surface area contributed by atoms with Crippen LogP contribution in [-0.2, 0) is 0 Å².